The zero-order valence-corrected chi connectivity index (χ0v) is 56.1. The summed E-state index contributed by atoms with van der Waals surface area (Å²) < 4.78 is 22.1. The lowest BCUT2D eigenvalue weighted by atomic mass is 9.40. The van der Waals surface area contributed by atoms with Gasteiger partial charge in [0.25, 0.3) is 0 Å². The Morgan fingerprint density at radius 2 is 0.929 bits per heavy atom. The summed E-state index contributed by atoms with van der Waals surface area (Å²) in [5.41, 5.74) is -3.06. The first kappa shape index (κ1) is 61.3. The number of fused-ring (bicyclic) bond motifs is 2. The van der Waals surface area contributed by atoms with E-state index in [9.17, 15) is 28.8 Å². The number of hydrogen-bond donors (Lipinski definition) is 0. The van der Waals surface area contributed by atoms with Gasteiger partial charge in [-0.1, -0.05) is 182 Å². The Kier molecular flexibility index (Phi) is 15.6. The average Bonchev–Trinajstić information content (AvgIpc) is 1.64. The third kappa shape index (κ3) is 8.47. The maximum Gasteiger partial charge on any atom is 0.352 e. The largest absolute Gasteiger partial charge is 0.462 e. The summed E-state index contributed by atoms with van der Waals surface area (Å²) in [5, 5.41) is 0.296. The molecule has 0 radical (unpaired) electrons. The van der Waals surface area contributed by atoms with Gasteiger partial charge in [0.15, 0.2) is 0 Å². The Bertz CT molecular complexity index is 3410. The van der Waals surface area contributed by atoms with E-state index in [2.05, 4.69) is 125 Å². The molecule has 4 spiro atoms. The number of carbonyl (C=O) groups is 2. The van der Waals surface area contributed by atoms with Gasteiger partial charge in [0, 0.05) is 30.7 Å². The minimum Gasteiger partial charge on any atom is -0.462 e. The number of para-hydroxylation sites is 1. The number of carbonyl (C=O) groups excluding carboxylic acids is 2. The number of ether oxygens (including phenoxy) is 2. The van der Waals surface area contributed by atoms with Gasteiger partial charge < -0.3 is 9.47 Å². The van der Waals surface area contributed by atoms with Crippen molar-refractivity contribution in [3.63, 3.8) is 0 Å². The molecule has 18 atom stereocenters. The number of rotatable bonds is 15. The molecule has 15 rings (SSSR count). The Balaban J connectivity index is 0.000000168. The van der Waals surface area contributed by atoms with Crippen LogP contribution in [0.25, 0.3) is 5.69 Å². The van der Waals surface area contributed by atoms with E-state index in [1.54, 1.807) is 7.05 Å². The van der Waals surface area contributed by atoms with E-state index in [0.717, 1.165) is 69.6 Å². The van der Waals surface area contributed by atoms with Crippen molar-refractivity contribution in [2.24, 2.45) is 87.9 Å². The fourth-order valence-corrected chi connectivity index (χ4v) is 23.0. The van der Waals surface area contributed by atoms with Crippen molar-refractivity contribution in [1.82, 2.24) is 27.9 Å². The highest BCUT2D eigenvalue weighted by molar-refractivity contribution is 9.09. The summed E-state index contributed by atoms with van der Waals surface area (Å²) in [6, 6.07) is 9.39. The van der Waals surface area contributed by atoms with Crippen LogP contribution >= 0.6 is 31.9 Å². The lowest BCUT2D eigenvalue weighted by Crippen LogP contribution is -2.76. The Labute approximate surface area is 520 Å². The van der Waals surface area contributed by atoms with E-state index in [1.807, 2.05) is 49.1 Å². The number of alkyl halides is 2. The number of benzene rings is 1. The maximum absolute atomic E-state index is 14.8. The summed E-state index contributed by atoms with van der Waals surface area (Å²) in [7, 11) is 1.63. The number of hydrogen-bond acceptors (Lipinski definition) is 8. The van der Waals surface area contributed by atoms with Crippen molar-refractivity contribution in [3.8, 4) is 5.69 Å². The molecule has 6 unspecified atom stereocenters. The van der Waals surface area contributed by atoms with Crippen LogP contribution in [-0.2, 0) is 48.3 Å². The van der Waals surface area contributed by atoms with Gasteiger partial charge in [-0.2, -0.15) is 0 Å². The van der Waals surface area contributed by atoms with Crippen LogP contribution in [-0.4, -0.2) is 62.7 Å². The van der Waals surface area contributed by atoms with E-state index in [1.165, 1.54) is 66.9 Å². The molecule has 0 saturated heterocycles. The second-order valence-corrected chi connectivity index (χ2v) is 32.1. The molecule has 12 aliphatic rings. The minimum atomic E-state index is -0.749. The first-order valence-electron chi connectivity index (χ1n) is 33.2. The van der Waals surface area contributed by atoms with Gasteiger partial charge in [0.1, 0.15) is 22.9 Å². The minimum absolute atomic E-state index is 0.0869. The fourth-order valence-electron chi connectivity index (χ4n) is 22.8. The molecule has 16 heteroatoms. The quantitative estimate of drug-likeness (QED) is 0.0829. The van der Waals surface area contributed by atoms with Crippen molar-refractivity contribution in [2.45, 2.75) is 232 Å². The van der Waals surface area contributed by atoms with Gasteiger partial charge in [0.2, 0.25) is 0 Å². The number of halogens is 2. The van der Waals surface area contributed by atoms with Gasteiger partial charge in [-0.3, -0.25) is 9.59 Å². The SMILES string of the molecule is CC(C)CCC[C@@H](C)C1CC[C@H]2C34C=CC5(C[C@@H](OC(=O)CBr)CC[C@]5(C)[C@H]3CC[C@]12C)n1c(=O)n(-c2ccccc2)c(=O)n14.CC(C)CCC[C@@H](C)C1CC[C@H]2C34C=CC5(C[C@@H](OC(=O)CBr)CC[C@]5(C)[C@H]3CC[C@]12C)n1c(=O)n(C)c(=O)n14. The lowest BCUT2D eigenvalue weighted by Gasteiger charge is -2.71. The third-order valence-electron chi connectivity index (χ3n) is 26.5. The van der Waals surface area contributed by atoms with E-state index in [0.29, 0.717) is 48.1 Å². The molecular weight excluding hydrogens is 1200 g/mol. The van der Waals surface area contributed by atoms with Crippen LogP contribution in [0.3, 0.4) is 0 Å². The molecule has 8 aliphatic carbocycles. The van der Waals surface area contributed by atoms with Gasteiger partial charge in [-0.15, -0.1) is 0 Å². The van der Waals surface area contributed by atoms with Crippen LogP contribution < -0.4 is 22.8 Å². The van der Waals surface area contributed by atoms with Crippen molar-refractivity contribution < 1.29 is 19.1 Å². The average molecular weight is 1300 g/mol. The van der Waals surface area contributed by atoms with Crippen molar-refractivity contribution >= 4 is 43.8 Å². The molecule has 6 heterocycles. The van der Waals surface area contributed by atoms with Gasteiger partial charge in [0.05, 0.1) is 27.8 Å². The Morgan fingerprint density at radius 1 is 0.518 bits per heavy atom. The van der Waals surface area contributed by atoms with E-state index in [4.69, 9.17) is 9.47 Å². The summed E-state index contributed by atoms with van der Waals surface area (Å²) >= 11 is 6.48. The standard InChI is InChI=1S/C37H50BrN3O4.C32H48BrN3O4/c1-24(2)10-9-11-25(3)28-14-15-29-34(28,4)18-17-30-35(5)19-16-27(45-31(42)23-38)22-36(35)20-21-37(29,30)41-33(44)39(32(43)40(36)41)26-12-7-6-8-13-26;1-20(2)8-7-9-21(3)23-10-11-24-29(23,4)14-13-25-30(5)15-12-22(40-26(37)19-33)18-31(30)16-17-32(24,25)36-28(39)34(6)27(38)35(31)36/h6-8,12-13,20-21,24-25,27-30H,9-11,14-19,22-23H2,1-5H3;16-17,20-25H,7-15,18-19H2,1-6H3/t25-,27+,28?,29-,30-,34-,35-,36?,37?;21-,22+,23?,24-,25-,29-,30-,31?,32?/m11/s1. The first-order valence-corrected chi connectivity index (χ1v) is 35.4. The van der Waals surface area contributed by atoms with Crippen LogP contribution in [0.1, 0.15) is 198 Å². The van der Waals surface area contributed by atoms with Crippen LogP contribution in [0.2, 0.25) is 0 Å². The van der Waals surface area contributed by atoms with Crippen molar-refractivity contribution in [1.29, 1.82) is 0 Å². The number of aromatic nitrogens is 6. The van der Waals surface area contributed by atoms with Crippen molar-refractivity contribution in [3.05, 3.63) is 96.6 Å². The number of nitrogens with zero attached hydrogens (tertiary/aromatic N) is 6. The Morgan fingerprint density at radius 3 is 1.36 bits per heavy atom. The highest BCUT2D eigenvalue weighted by Gasteiger charge is 2.77. The van der Waals surface area contributed by atoms with Gasteiger partial charge in [-0.25, -0.2) is 47.0 Å². The zero-order valence-electron chi connectivity index (χ0n) is 52.9. The van der Waals surface area contributed by atoms with Crippen molar-refractivity contribution in [2.75, 3.05) is 10.7 Å². The summed E-state index contributed by atoms with van der Waals surface area (Å²) in [5.74, 6) is 4.50. The number of allylic oxidation sites excluding steroid dienone is 4. The van der Waals surface area contributed by atoms with Gasteiger partial charge >= 0.3 is 34.7 Å². The van der Waals surface area contributed by atoms with Crippen LogP contribution in [0.4, 0.5) is 0 Å². The maximum atomic E-state index is 14.8. The zero-order chi connectivity index (χ0) is 60.8. The molecular formula is C69H98Br2N6O8. The smallest absolute Gasteiger partial charge is 0.352 e. The molecule has 466 valence electrons. The molecule has 85 heavy (non-hydrogen) atoms. The molecule has 4 aliphatic heterocycles. The predicted octanol–water partition coefficient (Wildman–Crippen LogP) is 12.9. The lowest BCUT2D eigenvalue weighted by molar-refractivity contribution is -0.204. The molecule has 0 amide bonds. The van der Waals surface area contributed by atoms with Gasteiger partial charge in [-0.05, 0) is 159 Å². The van der Waals surface area contributed by atoms with E-state index in [-0.39, 0.29) is 97.0 Å². The van der Waals surface area contributed by atoms with Crippen LogP contribution in [0.5, 0.6) is 0 Å². The first-order chi connectivity index (χ1) is 40.3. The Hall–Kier alpha value is -3.92. The topological polar surface area (TPSA) is 150 Å². The van der Waals surface area contributed by atoms with E-state index < -0.39 is 22.2 Å². The molecule has 2 aromatic heterocycles. The van der Waals surface area contributed by atoms with E-state index >= 15 is 0 Å². The molecule has 6 saturated carbocycles. The normalized spacial score (nSPS) is 40.0. The highest BCUT2D eigenvalue weighted by atomic mass is 79.9. The molecule has 3 aromatic rings. The van der Waals surface area contributed by atoms with Crippen LogP contribution in [0, 0.1) is 80.8 Å². The molecule has 6 fully saturated rings. The summed E-state index contributed by atoms with van der Waals surface area (Å²) in [6.45, 7) is 24.0. The second kappa shape index (κ2) is 21.7. The summed E-state index contributed by atoms with van der Waals surface area (Å²) in [6.07, 6.45) is 29.6. The second-order valence-electron chi connectivity index (χ2n) is 31.0. The van der Waals surface area contributed by atoms with Crippen LogP contribution in [0.15, 0.2) is 73.8 Å². The monoisotopic (exact) mass is 1300 g/mol. The predicted molar refractivity (Wildman–Crippen MR) is 339 cm³/mol. The summed E-state index contributed by atoms with van der Waals surface area (Å²) in [4.78, 5) is 82.3. The third-order valence-corrected chi connectivity index (χ3v) is 27.4. The molecule has 0 N–H and O–H groups in total. The molecule has 14 nitrogen and oxygen atoms in total. The highest BCUT2D eigenvalue weighted by Crippen LogP contribution is 2.76. The number of esters is 2. The fraction of sp³-hybridized carbons (Fsp3) is 0.768. The molecule has 1 aromatic carbocycles. The molecule has 4 bridgehead atoms.